The highest BCUT2D eigenvalue weighted by atomic mass is 14.9. The molecule has 1 aromatic carbocycles. The average Bonchev–Trinajstić information content (AvgIpc) is 2.43. The minimum absolute atomic E-state index is 0.333. The number of benzene rings is 1. The Hall–Kier alpha value is -1.67. The molecule has 1 heterocycles. The molecule has 0 aliphatic carbocycles. The summed E-state index contributed by atoms with van der Waals surface area (Å²) in [4.78, 5) is 4.44. The van der Waals surface area contributed by atoms with Crippen LogP contribution >= 0.6 is 0 Å². The topological polar surface area (TPSA) is 24.9 Å². The lowest BCUT2D eigenvalue weighted by atomic mass is 9.94. The molecule has 0 saturated heterocycles. The van der Waals surface area contributed by atoms with Gasteiger partial charge in [-0.1, -0.05) is 31.2 Å². The van der Waals surface area contributed by atoms with Gasteiger partial charge < -0.3 is 5.32 Å². The second-order valence-electron chi connectivity index (χ2n) is 4.92. The second-order valence-corrected chi connectivity index (χ2v) is 4.92. The molecule has 1 N–H and O–H groups in total. The molecular formula is C17H22N2. The van der Waals surface area contributed by atoms with Crippen LogP contribution in [-0.4, -0.2) is 11.5 Å². The zero-order valence-corrected chi connectivity index (χ0v) is 12.0. The Morgan fingerprint density at radius 2 is 1.95 bits per heavy atom. The summed E-state index contributed by atoms with van der Waals surface area (Å²) in [6, 6.07) is 13.0. The molecule has 2 aromatic rings. The Labute approximate surface area is 115 Å². The third-order valence-corrected chi connectivity index (χ3v) is 3.61. The fourth-order valence-corrected chi connectivity index (χ4v) is 2.42. The van der Waals surface area contributed by atoms with Gasteiger partial charge in [0.2, 0.25) is 0 Å². The summed E-state index contributed by atoms with van der Waals surface area (Å²) in [5.41, 5.74) is 5.24. The maximum absolute atomic E-state index is 4.44. The van der Waals surface area contributed by atoms with Crippen molar-refractivity contribution in [2.75, 3.05) is 6.54 Å². The van der Waals surface area contributed by atoms with Gasteiger partial charge in [0.1, 0.15) is 0 Å². The van der Waals surface area contributed by atoms with Gasteiger partial charge in [-0.15, -0.1) is 0 Å². The summed E-state index contributed by atoms with van der Waals surface area (Å²) in [6.45, 7) is 7.48. The maximum Gasteiger partial charge on any atom is 0.0422 e. The molecule has 2 nitrogen and oxygen atoms in total. The monoisotopic (exact) mass is 254 g/mol. The van der Waals surface area contributed by atoms with E-state index in [0.29, 0.717) is 6.04 Å². The van der Waals surface area contributed by atoms with E-state index in [-0.39, 0.29) is 0 Å². The average molecular weight is 254 g/mol. The highest BCUT2D eigenvalue weighted by molar-refractivity contribution is 5.36. The van der Waals surface area contributed by atoms with E-state index < -0.39 is 0 Å². The molecule has 0 bridgehead atoms. The van der Waals surface area contributed by atoms with Crippen molar-refractivity contribution in [3.05, 3.63) is 65.0 Å². The van der Waals surface area contributed by atoms with E-state index in [4.69, 9.17) is 0 Å². The molecule has 0 amide bonds. The first-order valence-electron chi connectivity index (χ1n) is 6.91. The molecule has 1 aromatic heterocycles. The Bertz CT molecular complexity index is 520. The fraction of sp³-hybridized carbons (Fsp3) is 0.353. The maximum atomic E-state index is 4.44. The van der Waals surface area contributed by atoms with Crippen molar-refractivity contribution in [2.24, 2.45) is 0 Å². The number of likely N-dealkylation sites (N-methyl/N-ethyl adjacent to an activating group) is 1. The summed E-state index contributed by atoms with van der Waals surface area (Å²) in [5, 5.41) is 3.58. The van der Waals surface area contributed by atoms with Crippen molar-refractivity contribution in [1.82, 2.24) is 10.3 Å². The minimum Gasteiger partial charge on any atom is -0.310 e. The SMILES string of the molecule is CCNC(Cc1ccccn1)c1cccc(C)c1C. The highest BCUT2D eigenvalue weighted by Gasteiger charge is 2.14. The van der Waals surface area contributed by atoms with Crippen molar-refractivity contribution < 1.29 is 0 Å². The Kier molecular flexibility index (Phi) is 4.69. The molecule has 0 radical (unpaired) electrons. The van der Waals surface area contributed by atoms with Crippen molar-refractivity contribution in [3.8, 4) is 0 Å². The van der Waals surface area contributed by atoms with E-state index in [1.807, 2.05) is 12.3 Å². The number of nitrogens with zero attached hydrogens (tertiary/aromatic N) is 1. The largest absolute Gasteiger partial charge is 0.310 e. The first-order chi connectivity index (χ1) is 9.22. The van der Waals surface area contributed by atoms with E-state index in [2.05, 4.69) is 61.4 Å². The van der Waals surface area contributed by atoms with Crippen molar-refractivity contribution in [1.29, 1.82) is 0 Å². The van der Waals surface area contributed by atoms with Crippen LogP contribution in [0.2, 0.25) is 0 Å². The van der Waals surface area contributed by atoms with E-state index in [1.54, 1.807) is 0 Å². The van der Waals surface area contributed by atoms with Crippen molar-refractivity contribution >= 4 is 0 Å². The van der Waals surface area contributed by atoms with Crippen LogP contribution in [0.1, 0.15) is 35.3 Å². The lowest BCUT2D eigenvalue weighted by molar-refractivity contribution is 0.541. The number of aromatic nitrogens is 1. The lowest BCUT2D eigenvalue weighted by Crippen LogP contribution is -2.24. The van der Waals surface area contributed by atoms with Crippen LogP contribution in [0, 0.1) is 13.8 Å². The molecule has 0 aliphatic heterocycles. The molecule has 100 valence electrons. The summed E-state index contributed by atoms with van der Waals surface area (Å²) in [6.07, 6.45) is 2.79. The Morgan fingerprint density at radius 3 is 2.63 bits per heavy atom. The zero-order valence-electron chi connectivity index (χ0n) is 12.0. The Morgan fingerprint density at radius 1 is 1.11 bits per heavy atom. The number of pyridine rings is 1. The number of aryl methyl sites for hydroxylation is 1. The fourth-order valence-electron chi connectivity index (χ4n) is 2.42. The first-order valence-corrected chi connectivity index (χ1v) is 6.91. The van der Waals surface area contributed by atoms with Crippen LogP contribution in [0.25, 0.3) is 0 Å². The normalized spacial score (nSPS) is 12.4. The van der Waals surface area contributed by atoms with Crippen LogP contribution < -0.4 is 5.32 Å². The summed E-state index contributed by atoms with van der Waals surface area (Å²) in [7, 11) is 0. The summed E-state index contributed by atoms with van der Waals surface area (Å²) in [5.74, 6) is 0. The predicted molar refractivity (Wildman–Crippen MR) is 80.3 cm³/mol. The van der Waals surface area contributed by atoms with Crippen LogP contribution in [0.5, 0.6) is 0 Å². The molecule has 2 heteroatoms. The van der Waals surface area contributed by atoms with Gasteiger partial charge in [0, 0.05) is 24.4 Å². The molecule has 0 spiro atoms. The van der Waals surface area contributed by atoms with Gasteiger partial charge in [-0.3, -0.25) is 4.98 Å². The van der Waals surface area contributed by atoms with E-state index in [1.165, 1.54) is 16.7 Å². The third kappa shape index (κ3) is 3.42. The third-order valence-electron chi connectivity index (χ3n) is 3.61. The minimum atomic E-state index is 0.333. The van der Waals surface area contributed by atoms with Gasteiger partial charge in [0.05, 0.1) is 0 Å². The molecule has 1 unspecified atom stereocenters. The van der Waals surface area contributed by atoms with Gasteiger partial charge in [-0.25, -0.2) is 0 Å². The summed E-state index contributed by atoms with van der Waals surface area (Å²) >= 11 is 0. The molecule has 19 heavy (non-hydrogen) atoms. The van der Waals surface area contributed by atoms with E-state index in [9.17, 15) is 0 Å². The van der Waals surface area contributed by atoms with E-state index >= 15 is 0 Å². The van der Waals surface area contributed by atoms with Gasteiger partial charge in [0.15, 0.2) is 0 Å². The van der Waals surface area contributed by atoms with Crippen LogP contribution in [0.15, 0.2) is 42.6 Å². The molecular weight excluding hydrogens is 232 g/mol. The van der Waals surface area contributed by atoms with Gasteiger partial charge >= 0.3 is 0 Å². The first kappa shape index (κ1) is 13.8. The van der Waals surface area contributed by atoms with Crippen LogP contribution in [-0.2, 0) is 6.42 Å². The quantitative estimate of drug-likeness (QED) is 0.882. The van der Waals surface area contributed by atoms with Crippen molar-refractivity contribution in [3.63, 3.8) is 0 Å². The van der Waals surface area contributed by atoms with Gasteiger partial charge in [-0.05, 0) is 49.2 Å². The second kappa shape index (κ2) is 6.48. The number of hydrogen-bond donors (Lipinski definition) is 1. The van der Waals surface area contributed by atoms with Crippen molar-refractivity contribution in [2.45, 2.75) is 33.2 Å². The van der Waals surface area contributed by atoms with E-state index in [0.717, 1.165) is 18.7 Å². The zero-order chi connectivity index (χ0) is 13.7. The van der Waals surface area contributed by atoms with Gasteiger partial charge in [-0.2, -0.15) is 0 Å². The smallest absolute Gasteiger partial charge is 0.0422 e. The molecule has 0 saturated carbocycles. The molecule has 2 rings (SSSR count). The number of hydrogen-bond acceptors (Lipinski definition) is 2. The number of nitrogens with one attached hydrogen (secondary N) is 1. The lowest BCUT2D eigenvalue weighted by Gasteiger charge is -2.21. The standard InChI is InChI=1S/C17H22N2/c1-4-18-17(12-15-9-5-6-11-19-15)16-10-7-8-13(2)14(16)3/h5-11,17-18H,4,12H2,1-3H3. The predicted octanol–water partition coefficient (Wildman–Crippen LogP) is 3.59. The number of rotatable bonds is 5. The summed E-state index contributed by atoms with van der Waals surface area (Å²) < 4.78 is 0. The molecule has 0 aliphatic rings. The molecule has 1 atom stereocenters. The van der Waals surface area contributed by atoms with Crippen LogP contribution in [0.4, 0.5) is 0 Å². The Balaban J connectivity index is 2.27. The van der Waals surface area contributed by atoms with Crippen LogP contribution in [0.3, 0.4) is 0 Å². The highest BCUT2D eigenvalue weighted by Crippen LogP contribution is 2.23. The molecule has 0 fully saturated rings. The van der Waals surface area contributed by atoms with Gasteiger partial charge in [0.25, 0.3) is 0 Å².